The third kappa shape index (κ3) is 4.80. The summed E-state index contributed by atoms with van der Waals surface area (Å²) < 4.78 is 19.4. The number of benzene rings is 3. The predicted molar refractivity (Wildman–Crippen MR) is 115 cm³/mol. The number of aryl methyl sites for hydroxylation is 1. The Balaban J connectivity index is 1.46. The number of rotatable bonds is 6. The Morgan fingerprint density at radius 3 is 2.55 bits per heavy atom. The molecule has 0 aliphatic carbocycles. The zero-order valence-corrected chi connectivity index (χ0v) is 17.0. The summed E-state index contributed by atoms with van der Waals surface area (Å²) >= 11 is 0. The summed E-state index contributed by atoms with van der Waals surface area (Å²) in [5.74, 6) is -0.178. The van der Waals surface area contributed by atoms with Crippen molar-refractivity contribution in [3.05, 3.63) is 107 Å². The summed E-state index contributed by atoms with van der Waals surface area (Å²) in [6.07, 6.45) is 1.60. The van der Waals surface area contributed by atoms with Gasteiger partial charge >= 0.3 is 6.03 Å². The third-order valence-electron chi connectivity index (χ3n) is 4.94. The lowest BCUT2D eigenvalue weighted by Crippen LogP contribution is -2.30. The molecule has 0 bridgehead atoms. The van der Waals surface area contributed by atoms with Gasteiger partial charge in [-0.05, 0) is 42.3 Å². The van der Waals surface area contributed by atoms with Gasteiger partial charge in [-0.3, -0.25) is 9.69 Å². The summed E-state index contributed by atoms with van der Waals surface area (Å²) in [6, 6.07) is 20.7. The predicted octanol–water partition coefficient (Wildman–Crippen LogP) is 4.81. The van der Waals surface area contributed by atoms with Gasteiger partial charge in [-0.25, -0.2) is 9.18 Å². The average Bonchev–Trinajstić information content (AvgIpc) is 3.02. The van der Waals surface area contributed by atoms with Gasteiger partial charge in [0.2, 0.25) is 0 Å². The number of ether oxygens (including phenoxy) is 1. The summed E-state index contributed by atoms with van der Waals surface area (Å²) in [6.45, 7) is 2.27. The van der Waals surface area contributed by atoms with Crippen molar-refractivity contribution in [1.82, 2.24) is 10.2 Å². The SMILES string of the molecule is Cc1ccc(CN2C(=O)N/C(=C/c3cccc(OCc4ccccc4F)c3)C2=O)cc1. The second kappa shape index (κ2) is 8.83. The fourth-order valence-corrected chi connectivity index (χ4v) is 3.23. The van der Waals surface area contributed by atoms with Gasteiger partial charge in [0, 0.05) is 5.56 Å². The summed E-state index contributed by atoms with van der Waals surface area (Å²) in [7, 11) is 0. The van der Waals surface area contributed by atoms with Crippen molar-refractivity contribution in [3.63, 3.8) is 0 Å². The molecule has 1 aliphatic rings. The van der Waals surface area contributed by atoms with Gasteiger partial charge in [-0.15, -0.1) is 0 Å². The quantitative estimate of drug-likeness (QED) is 0.464. The minimum Gasteiger partial charge on any atom is -0.489 e. The first-order chi connectivity index (χ1) is 15.0. The van der Waals surface area contributed by atoms with Crippen molar-refractivity contribution in [2.24, 2.45) is 0 Å². The van der Waals surface area contributed by atoms with Crippen LogP contribution < -0.4 is 10.1 Å². The van der Waals surface area contributed by atoms with Crippen LogP contribution in [-0.2, 0) is 17.9 Å². The van der Waals surface area contributed by atoms with Gasteiger partial charge in [0.1, 0.15) is 23.9 Å². The van der Waals surface area contributed by atoms with E-state index in [1.54, 1.807) is 48.5 Å². The topological polar surface area (TPSA) is 58.6 Å². The number of amides is 3. The van der Waals surface area contributed by atoms with Crippen LogP contribution in [0.15, 0.2) is 78.5 Å². The van der Waals surface area contributed by atoms with Gasteiger partial charge in [0.15, 0.2) is 0 Å². The maximum atomic E-state index is 13.8. The minimum atomic E-state index is -0.455. The monoisotopic (exact) mass is 416 g/mol. The molecule has 1 fully saturated rings. The first kappa shape index (κ1) is 20.3. The molecular formula is C25H21FN2O3. The molecule has 3 aromatic rings. The molecule has 5 nitrogen and oxygen atoms in total. The van der Waals surface area contributed by atoms with Crippen molar-refractivity contribution in [2.45, 2.75) is 20.1 Å². The Kier molecular flexibility index (Phi) is 5.80. The smallest absolute Gasteiger partial charge is 0.329 e. The number of carbonyl (C=O) groups excluding carboxylic acids is 2. The van der Waals surface area contributed by atoms with Crippen molar-refractivity contribution in [1.29, 1.82) is 0 Å². The van der Waals surface area contributed by atoms with Crippen LogP contribution >= 0.6 is 0 Å². The van der Waals surface area contributed by atoms with E-state index < -0.39 is 6.03 Å². The Hall–Kier alpha value is -3.93. The number of urea groups is 1. The highest BCUT2D eigenvalue weighted by atomic mass is 19.1. The number of halogens is 1. The molecule has 3 amide bonds. The molecule has 31 heavy (non-hydrogen) atoms. The second-order valence-electron chi connectivity index (χ2n) is 7.32. The van der Waals surface area contributed by atoms with E-state index in [4.69, 9.17) is 4.74 Å². The highest BCUT2D eigenvalue weighted by Gasteiger charge is 2.33. The maximum Gasteiger partial charge on any atom is 0.329 e. The van der Waals surface area contributed by atoms with Crippen LogP contribution in [0.4, 0.5) is 9.18 Å². The molecule has 1 N–H and O–H groups in total. The molecule has 0 spiro atoms. The van der Waals surface area contributed by atoms with Crippen molar-refractivity contribution >= 4 is 18.0 Å². The molecule has 156 valence electrons. The van der Waals surface area contributed by atoms with E-state index in [1.165, 1.54) is 11.0 Å². The zero-order chi connectivity index (χ0) is 21.8. The normalized spacial score (nSPS) is 14.8. The standard InChI is InChI=1S/C25H21FN2O3/c1-17-9-11-18(12-10-17)15-28-24(29)23(27-25(28)30)14-19-5-4-7-21(13-19)31-16-20-6-2-3-8-22(20)26/h2-14H,15-16H2,1H3,(H,27,30)/b23-14+. The number of nitrogens with zero attached hydrogens (tertiary/aromatic N) is 1. The summed E-state index contributed by atoms with van der Waals surface area (Å²) in [4.78, 5) is 26.2. The number of carbonyl (C=O) groups is 2. The Morgan fingerprint density at radius 2 is 1.77 bits per heavy atom. The van der Waals surface area contributed by atoms with Crippen LogP contribution in [0.25, 0.3) is 6.08 Å². The lowest BCUT2D eigenvalue weighted by atomic mass is 10.1. The zero-order valence-electron chi connectivity index (χ0n) is 17.0. The van der Waals surface area contributed by atoms with Gasteiger partial charge in [0.25, 0.3) is 5.91 Å². The van der Waals surface area contributed by atoms with Crippen molar-refractivity contribution in [3.8, 4) is 5.75 Å². The van der Waals surface area contributed by atoms with Crippen LogP contribution in [0, 0.1) is 12.7 Å². The largest absolute Gasteiger partial charge is 0.489 e. The van der Waals surface area contributed by atoms with E-state index in [2.05, 4.69) is 5.32 Å². The van der Waals surface area contributed by atoms with E-state index in [-0.39, 0.29) is 30.6 Å². The van der Waals surface area contributed by atoms with Crippen LogP contribution in [0.5, 0.6) is 5.75 Å². The summed E-state index contributed by atoms with van der Waals surface area (Å²) in [5.41, 5.74) is 3.32. The van der Waals surface area contributed by atoms with E-state index >= 15 is 0 Å². The van der Waals surface area contributed by atoms with Gasteiger partial charge < -0.3 is 10.1 Å². The Morgan fingerprint density at radius 1 is 1.00 bits per heavy atom. The van der Waals surface area contributed by atoms with Gasteiger partial charge in [-0.1, -0.05) is 60.2 Å². The molecule has 0 unspecified atom stereocenters. The van der Waals surface area contributed by atoms with E-state index in [0.717, 1.165) is 11.1 Å². The summed E-state index contributed by atoms with van der Waals surface area (Å²) in [5, 5.41) is 2.63. The van der Waals surface area contributed by atoms with Crippen LogP contribution in [0.3, 0.4) is 0 Å². The molecule has 0 aromatic heterocycles. The van der Waals surface area contributed by atoms with E-state index in [0.29, 0.717) is 16.9 Å². The van der Waals surface area contributed by atoms with Crippen LogP contribution in [0.1, 0.15) is 22.3 Å². The Labute approximate surface area is 179 Å². The third-order valence-corrected chi connectivity index (χ3v) is 4.94. The number of imide groups is 1. The highest BCUT2D eigenvalue weighted by molar-refractivity contribution is 6.13. The number of hydrogen-bond acceptors (Lipinski definition) is 3. The lowest BCUT2D eigenvalue weighted by Gasteiger charge is -2.11. The first-order valence-corrected chi connectivity index (χ1v) is 9.86. The van der Waals surface area contributed by atoms with E-state index in [9.17, 15) is 14.0 Å². The maximum absolute atomic E-state index is 13.8. The molecule has 1 heterocycles. The lowest BCUT2D eigenvalue weighted by molar-refractivity contribution is -0.123. The van der Waals surface area contributed by atoms with Gasteiger partial charge in [-0.2, -0.15) is 0 Å². The minimum absolute atomic E-state index is 0.0900. The molecule has 1 saturated heterocycles. The average molecular weight is 416 g/mol. The molecular weight excluding hydrogens is 395 g/mol. The molecule has 4 rings (SSSR count). The fourth-order valence-electron chi connectivity index (χ4n) is 3.23. The van der Waals surface area contributed by atoms with Crippen LogP contribution in [0.2, 0.25) is 0 Å². The first-order valence-electron chi connectivity index (χ1n) is 9.86. The molecule has 3 aromatic carbocycles. The van der Waals surface area contributed by atoms with E-state index in [1.807, 2.05) is 31.2 Å². The van der Waals surface area contributed by atoms with Crippen molar-refractivity contribution in [2.75, 3.05) is 0 Å². The molecule has 6 heteroatoms. The number of hydrogen-bond donors (Lipinski definition) is 1. The van der Waals surface area contributed by atoms with Crippen LogP contribution in [-0.4, -0.2) is 16.8 Å². The molecule has 1 aliphatic heterocycles. The molecule has 0 saturated carbocycles. The van der Waals surface area contributed by atoms with Gasteiger partial charge in [0.05, 0.1) is 6.54 Å². The number of nitrogens with one attached hydrogen (secondary N) is 1. The van der Waals surface area contributed by atoms with Crippen molar-refractivity contribution < 1.29 is 18.7 Å². The molecule has 0 atom stereocenters. The highest BCUT2D eigenvalue weighted by Crippen LogP contribution is 2.21. The second-order valence-corrected chi connectivity index (χ2v) is 7.32. The molecule has 0 radical (unpaired) electrons. The Bertz CT molecular complexity index is 1160. The fraction of sp³-hybridized carbons (Fsp3) is 0.120.